The summed E-state index contributed by atoms with van der Waals surface area (Å²) >= 11 is 0. The van der Waals surface area contributed by atoms with E-state index in [1.807, 2.05) is 75.9 Å². The van der Waals surface area contributed by atoms with Gasteiger partial charge in [-0.05, 0) is 52.8 Å². The lowest BCUT2D eigenvalue weighted by atomic mass is 10.2. The second-order valence-electron chi connectivity index (χ2n) is 8.22. The Morgan fingerprint density at radius 3 is 2.07 bits per heavy atom. The molecule has 0 saturated carbocycles. The number of ether oxygens (including phenoxy) is 1. The van der Waals surface area contributed by atoms with Crippen molar-refractivity contribution in [1.82, 2.24) is 14.4 Å². The van der Waals surface area contributed by atoms with Crippen LogP contribution in [-0.4, -0.2) is 58.1 Å². The zero-order valence-corrected chi connectivity index (χ0v) is 17.4. The highest BCUT2D eigenvalue weighted by atomic mass is 16.6. The summed E-state index contributed by atoms with van der Waals surface area (Å²) in [6.45, 7) is 11.5. The summed E-state index contributed by atoms with van der Waals surface area (Å²) in [5.41, 5.74) is 3.21. The van der Waals surface area contributed by atoms with Gasteiger partial charge in [0.05, 0.1) is 5.56 Å². The number of piperazine rings is 1. The molecule has 0 aliphatic carbocycles. The van der Waals surface area contributed by atoms with Gasteiger partial charge in [-0.2, -0.15) is 0 Å². The van der Waals surface area contributed by atoms with Crippen molar-refractivity contribution in [1.29, 1.82) is 0 Å². The Labute approximate surface area is 166 Å². The van der Waals surface area contributed by atoms with Gasteiger partial charge in [-0.3, -0.25) is 4.79 Å². The van der Waals surface area contributed by atoms with Gasteiger partial charge in [0, 0.05) is 43.3 Å². The van der Waals surface area contributed by atoms with E-state index in [0.29, 0.717) is 31.7 Å². The van der Waals surface area contributed by atoms with E-state index in [4.69, 9.17) is 4.74 Å². The second-order valence-corrected chi connectivity index (χ2v) is 8.22. The molecule has 1 aromatic carbocycles. The maximum atomic E-state index is 13.1. The van der Waals surface area contributed by atoms with Gasteiger partial charge in [-0.25, -0.2) is 4.79 Å². The molecule has 0 unspecified atom stereocenters. The summed E-state index contributed by atoms with van der Waals surface area (Å²) < 4.78 is 7.53. The number of para-hydroxylation sites is 1. The summed E-state index contributed by atoms with van der Waals surface area (Å²) in [5.74, 6) is 0.0131. The lowest BCUT2D eigenvalue weighted by Gasteiger charge is -2.35. The van der Waals surface area contributed by atoms with Crippen molar-refractivity contribution in [2.75, 3.05) is 26.2 Å². The lowest BCUT2D eigenvalue weighted by molar-refractivity contribution is 0.0140. The number of amides is 2. The summed E-state index contributed by atoms with van der Waals surface area (Å²) in [6, 6.07) is 12.0. The fourth-order valence-electron chi connectivity index (χ4n) is 3.54. The zero-order chi connectivity index (χ0) is 20.5. The molecule has 0 spiro atoms. The predicted molar refractivity (Wildman–Crippen MR) is 109 cm³/mol. The van der Waals surface area contributed by atoms with Crippen LogP contribution in [0.2, 0.25) is 0 Å². The Kier molecular flexibility index (Phi) is 5.49. The third-order valence-electron chi connectivity index (χ3n) is 4.89. The molecule has 6 nitrogen and oxygen atoms in total. The smallest absolute Gasteiger partial charge is 0.410 e. The average Bonchev–Trinajstić information content (AvgIpc) is 2.95. The first-order valence-corrected chi connectivity index (χ1v) is 9.69. The van der Waals surface area contributed by atoms with Crippen molar-refractivity contribution in [2.45, 2.75) is 40.2 Å². The van der Waals surface area contributed by atoms with Gasteiger partial charge in [0.25, 0.3) is 5.91 Å². The first kappa shape index (κ1) is 20.0. The van der Waals surface area contributed by atoms with E-state index >= 15 is 0 Å². The quantitative estimate of drug-likeness (QED) is 0.793. The van der Waals surface area contributed by atoms with Crippen LogP contribution in [0.4, 0.5) is 4.79 Å². The Balaban J connectivity index is 1.70. The largest absolute Gasteiger partial charge is 0.444 e. The fraction of sp³-hybridized carbons (Fsp3) is 0.455. The molecule has 1 fully saturated rings. The summed E-state index contributed by atoms with van der Waals surface area (Å²) in [7, 11) is 0. The first-order chi connectivity index (χ1) is 13.2. The fourth-order valence-corrected chi connectivity index (χ4v) is 3.54. The number of hydrogen-bond acceptors (Lipinski definition) is 3. The maximum Gasteiger partial charge on any atom is 0.410 e. The van der Waals surface area contributed by atoms with Crippen LogP contribution >= 0.6 is 0 Å². The minimum atomic E-state index is -0.515. The average molecular weight is 383 g/mol. The highest BCUT2D eigenvalue weighted by Gasteiger charge is 2.29. The lowest BCUT2D eigenvalue weighted by Crippen LogP contribution is -2.51. The van der Waals surface area contributed by atoms with Crippen LogP contribution in [0.1, 0.15) is 42.5 Å². The number of rotatable bonds is 2. The van der Waals surface area contributed by atoms with Gasteiger partial charge >= 0.3 is 6.09 Å². The van der Waals surface area contributed by atoms with E-state index in [0.717, 1.165) is 17.1 Å². The Morgan fingerprint density at radius 2 is 1.50 bits per heavy atom. The van der Waals surface area contributed by atoms with Crippen molar-refractivity contribution in [2.24, 2.45) is 0 Å². The van der Waals surface area contributed by atoms with Gasteiger partial charge in [0.2, 0.25) is 0 Å². The van der Waals surface area contributed by atoms with Crippen LogP contribution in [0.5, 0.6) is 0 Å². The van der Waals surface area contributed by atoms with E-state index in [1.165, 1.54) is 0 Å². The zero-order valence-electron chi connectivity index (χ0n) is 17.4. The minimum absolute atomic E-state index is 0.0131. The van der Waals surface area contributed by atoms with Crippen LogP contribution in [-0.2, 0) is 4.74 Å². The normalized spacial score (nSPS) is 14.9. The first-order valence-electron chi connectivity index (χ1n) is 9.69. The van der Waals surface area contributed by atoms with Gasteiger partial charge in [-0.1, -0.05) is 18.2 Å². The predicted octanol–water partition coefficient (Wildman–Crippen LogP) is 3.79. The molecule has 3 rings (SSSR count). The molecule has 2 heterocycles. The molecule has 1 saturated heterocycles. The molecule has 2 amide bonds. The van der Waals surface area contributed by atoms with Gasteiger partial charge in [-0.15, -0.1) is 0 Å². The van der Waals surface area contributed by atoms with E-state index in [-0.39, 0.29) is 12.0 Å². The highest BCUT2D eigenvalue weighted by Crippen LogP contribution is 2.22. The van der Waals surface area contributed by atoms with Crippen molar-refractivity contribution < 1.29 is 14.3 Å². The molecular formula is C22H29N3O3. The van der Waals surface area contributed by atoms with Gasteiger partial charge in [0.15, 0.2) is 0 Å². The molecular weight excluding hydrogens is 354 g/mol. The summed E-state index contributed by atoms with van der Waals surface area (Å²) in [4.78, 5) is 28.8. The van der Waals surface area contributed by atoms with Gasteiger partial charge in [0.1, 0.15) is 5.60 Å². The monoisotopic (exact) mass is 383 g/mol. The van der Waals surface area contributed by atoms with E-state index < -0.39 is 5.60 Å². The number of aromatic nitrogens is 1. The SMILES string of the molecule is Cc1cc(C(=O)N2CCN(C(=O)OC(C)(C)C)CC2)c(C)n1-c1ccccc1. The molecule has 1 aliphatic rings. The van der Waals surface area contributed by atoms with Crippen LogP contribution in [0.25, 0.3) is 5.69 Å². The Bertz CT molecular complexity index is 857. The van der Waals surface area contributed by atoms with E-state index in [1.54, 1.807) is 4.90 Å². The summed E-state index contributed by atoms with van der Waals surface area (Å²) in [5, 5.41) is 0. The standard InChI is InChI=1S/C22H29N3O3/c1-16-15-19(17(2)25(16)18-9-7-6-8-10-18)20(26)23-11-13-24(14-12-23)21(27)28-22(3,4)5/h6-10,15H,11-14H2,1-5H3. The molecule has 150 valence electrons. The van der Waals surface area contributed by atoms with Crippen LogP contribution < -0.4 is 0 Å². The van der Waals surface area contributed by atoms with Crippen LogP contribution in [0, 0.1) is 13.8 Å². The molecule has 0 bridgehead atoms. The number of carbonyl (C=O) groups excluding carboxylic acids is 2. The van der Waals surface area contributed by atoms with Crippen LogP contribution in [0.3, 0.4) is 0 Å². The number of nitrogens with zero attached hydrogens (tertiary/aromatic N) is 3. The van der Waals surface area contributed by atoms with Crippen molar-refractivity contribution in [3.8, 4) is 5.69 Å². The third-order valence-corrected chi connectivity index (χ3v) is 4.89. The van der Waals surface area contributed by atoms with Crippen LogP contribution in [0.15, 0.2) is 36.4 Å². The molecule has 6 heteroatoms. The third kappa shape index (κ3) is 4.21. The van der Waals surface area contributed by atoms with Crippen molar-refractivity contribution in [3.05, 3.63) is 53.3 Å². The molecule has 1 aromatic heterocycles. The van der Waals surface area contributed by atoms with Crippen molar-refractivity contribution in [3.63, 3.8) is 0 Å². The minimum Gasteiger partial charge on any atom is -0.444 e. The van der Waals surface area contributed by atoms with E-state index in [9.17, 15) is 9.59 Å². The molecule has 2 aromatic rings. The Morgan fingerprint density at radius 1 is 0.929 bits per heavy atom. The van der Waals surface area contributed by atoms with Crippen molar-refractivity contribution >= 4 is 12.0 Å². The second kappa shape index (κ2) is 7.70. The molecule has 0 radical (unpaired) electrons. The summed E-state index contributed by atoms with van der Waals surface area (Å²) in [6.07, 6.45) is -0.318. The number of benzene rings is 1. The molecule has 0 N–H and O–H groups in total. The Hall–Kier alpha value is -2.76. The highest BCUT2D eigenvalue weighted by molar-refractivity contribution is 5.96. The van der Waals surface area contributed by atoms with Gasteiger partial charge < -0.3 is 19.1 Å². The number of aryl methyl sites for hydroxylation is 1. The topological polar surface area (TPSA) is 54.8 Å². The van der Waals surface area contributed by atoms with E-state index in [2.05, 4.69) is 4.57 Å². The maximum absolute atomic E-state index is 13.1. The number of carbonyl (C=O) groups is 2. The molecule has 0 atom stereocenters. The molecule has 1 aliphatic heterocycles. The molecule has 28 heavy (non-hydrogen) atoms. The number of hydrogen-bond donors (Lipinski definition) is 0.